The van der Waals surface area contributed by atoms with E-state index in [-0.39, 0.29) is 0 Å². The smallest absolute Gasteiger partial charge is 0.197 e. The standard InChI is InChI=1S/C48H32BN2O/c1-28-16-20-32(21-17-28)50-40-27-44-37(34-14-8-9-15-43(34)52-44)26-36(40)38-25-35(30-10-4-3-5-11-30)46-45-33-13-7-6-12-31(33)19-23-42(45)51-41-22-18-29(2)24-39(41)49-47(38)48(46)51/h3-27,50H,1-2H3. The van der Waals surface area contributed by atoms with Gasteiger partial charge in [-0.1, -0.05) is 120 Å². The van der Waals surface area contributed by atoms with Gasteiger partial charge in [0.2, 0.25) is 0 Å². The fourth-order valence-electron chi connectivity index (χ4n) is 8.50. The van der Waals surface area contributed by atoms with Gasteiger partial charge in [-0.2, -0.15) is 0 Å². The van der Waals surface area contributed by atoms with E-state index in [0.29, 0.717) is 0 Å². The molecule has 0 saturated heterocycles. The number of nitrogens with one attached hydrogen (secondary N) is 1. The highest BCUT2D eigenvalue weighted by atomic mass is 16.3. The topological polar surface area (TPSA) is 30.1 Å². The largest absolute Gasteiger partial charge is 0.456 e. The van der Waals surface area contributed by atoms with Gasteiger partial charge in [-0.15, -0.1) is 0 Å². The first kappa shape index (κ1) is 29.2. The Bertz CT molecular complexity index is 3080. The molecule has 0 atom stereocenters. The molecule has 0 unspecified atom stereocenters. The van der Waals surface area contributed by atoms with E-state index in [0.717, 1.165) is 38.9 Å². The van der Waals surface area contributed by atoms with Gasteiger partial charge in [0, 0.05) is 50.1 Å². The molecular formula is C48H32BN2O. The second-order valence-corrected chi connectivity index (χ2v) is 14.2. The number of aromatic nitrogens is 1. The Balaban J connectivity index is 1.33. The van der Waals surface area contributed by atoms with Crippen molar-refractivity contribution in [3.05, 3.63) is 163 Å². The highest BCUT2D eigenvalue weighted by Crippen LogP contribution is 2.46. The molecular weight excluding hydrogens is 631 g/mol. The third-order valence-corrected chi connectivity index (χ3v) is 10.9. The minimum atomic E-state index is 0.864. The van der Waals surface area contributed by atoms with E-state index in [1.54, 1.807) is 0 Å². The first-order chi connectivity index (χ1) is 25.6. The number of nitrogens with zero attached hydrogens (tertiary/aromatic N) is 1. The van der Waals surface area contributed by atoms with Crippen LogP contribution in [0.15, 0.2) is 156 Å². The zero-order valence-electron chi connectivity index (χ0n) is 28.9. The summed E-state index contributed by atoms with van der Waals surface area (Å²) in [6.07, 6.45) is 0. The zero-order valence-corrected chi connectivity index (χ0v) is 28.9. The highest BCUT2D eigenvalue weighted by Gasteiger charge is 2.30. The molecule has 10 aromatic rings. The van der Waals surface area contributed by atoms with Crippen molar-refractivity contribution in [2.24, 2.45) is 0 Å². The molecule has 1 aliphatic heterocycles. The van der Waals surface area contributed by atoms with E-state index in [1.165, 1.54) is 77.0 Å². The SMILES string of the molecule is Cc1ccc(Nc2cc3oc4ccccc4c3cc2-c2cc(-c3ccccc3)c3c4c5ccccc5ccc4n4c3c2[B]c2cc(C)ccc2-4)cc1. The summed E-state index contributed by atoms with van der Waals surface area (Å²) in [4.78, 5) is 0. The Morgan fingerprint density at radius 1 is 0.558 bits per heavy atom. The Morgan fingerprint density at radius 2 is 1.33 bits per heavy atom. The van der Waals surface area contributed by atoms with Crippen molar-refractivity contribution in [1.82, 2.24) is 4.57 Å². The van der Waals surface area contributed by atoms with Gasteiger partial charge in [-0.3, -0.25) is 0 Å². The van der Waals surface area contributed by atoms with Crippen LogP contribution in [-0.2, 0) is 0 Å². The van der Waals surface area contributed by atoms with Crippen LogP contribution in [0.2, 0.25) is 0 Å². The van der Waals surface area contributed by atoms with E-state index in [1.807, 2.05) is 6.07 Å². The van der Waals surface area contributed by atoms with Crippen LogP contribution in [0.4, 0.5) is 11.4 Å². The van der Waals surface area contributed by atoms with Crippen molar-refractivity contribution < 1.29 is 4.42 Å². The van der Waals surface area contributed by atoms with E-state index < -0.39 is 0 Å². The molecule has 1 radical (unpaired) electrons. The molecule has 0 aliphatic carbocycles. The van der Waals surface area contributed by atoms with Gasteiger partial charge in [0.25, 0.3) is 0 Å². The summed E-state index contributed by atoms with van der Waals surface area (Å²) in [5, 5.41) is 11.1. The van der Waals surface area contributed by atoms with Crippen molar-refractivity contribution in [2.45, 2.75) is 13.8 Å². The number of benzene rings is 8. The number of aryl methyl sites for hydroxylation is 2. The molecule has 0 amide bonds. The van der Waals surface area contributed by atoms with E-state index in [9.17, 15) is 0 Å². The number of hydrogen-bond acceptors (Lipinski definition) is 2. The lowest BCUT2D eigenvalue weighted by Gasteiger charge is -2.25. The first-order valence-electron chi connectivity index (χ1n) is 17.9. The van der Waals surface area contributed by atoms with Crippen LogP contribution in [0.5, 0.6) is 0 Å². The van der Waals surface area contributed by atoms with Gasteiger partial charge in [0.15, 0.2) is 7.28 Å². The molecule has 8 aromatic carbocycles. The molecule has 0 fully saturated rings. The number of hydrogen-bond donors (Lipinski definition) is 1. The minimum absolute atomic E-state index is 0.864. The highest BCUT2D eigenvalue weighted by molar-refractivity contribution is 6.73. The molecule has 243 valence electrons. The summed E-state index contributed by atoms with van der Waals surface area (Å²) < 4.78 is 9.00. The number of rotatable bonds is 4. The second-order valence-electron chi connectivity index (χ2n) is 14.2. The second kappa shape index (κ2) is 11.0. The molecule has 1 N–H and O–H groups in total. The van der Waals surface area contributed by atoms with E-state index >= 15 is 0 Å². The lowest BCUT2D eigenvalue weighted by atomic mass is 9.58. The van der Waals surface area contributed by atoms with Gasteiger partial charge >= 0.3 is 0 Å². The fourth-order valence-corrected chi connectivity index (χ4v) is 8.50. The van der Waals surface area contributed by atoms with Crippen LogP contribution in [0.25, 0.3) is 82.5 Å². The summed E-state index contributed by atoms with van der Waals surface area (Å²) in [5.41, 5.74) is 17.1. The quantitative estimate of drug-likeness (QED) is 0.190. The lowest BCUT2D eigenvalue weighted by Crippen LogP contribution is -2.37. The lowest BCUT2D eigenvalue weighted by molar-refractivity contribution is 0.669. The monoisotopic (exact) mass is 663 g/mol. The normalized spacial score (nSPS) is 12.2. The van der Waals surface area contributed by atoms with Crippen LogP contribution in [0.1, 0.15) is 11.1 Å². The molecule has 11 rings (SSSR count). The number of fused-ring (bicyclic) bond motifs is 10. The molecule has 0 saturated carbocycles. The number of furan rings is 1. The number of anilines is 2. The van der Waals surface area contributed by atoms with Crippen LogP contribution >= 0.6 is 0 Å². The summed E-state index contributed by atoms with van der Waals surface area (Å²) in [5.74, 6) is 0. The van der Waals surface area contributed by atoms with Crippen molar-refractivity contribution in [3.63, 3.8) is 0 Å². The zero-order chi connectivity index (χ0) is 34.5. The molecule has 0 spiro atoms. The average Bonchev–Trinajstić information content (AvgIpc) is 3.72. The van der Waals surface area contributed by atoms with Gasteiger partial charge < -0.3 is 14.3 Å². The van der Waals surface area contributed by atoms with Crippen LogP contribution in [-0.4, -0.2) is 11.8 Å². The van der Waals surface area contributed by atoms with Crippen molar-refractivity contribution >= 4 is 84.1 Å². The Hall–Kier alpha value is -6.52. The Morgan fingerprint density at radius 3 is 2.19 bits per heavy atom. The summed E-state index contributed by atoms with van der Waals surface area (Å²) in [6.45, 7) is 4.31. The van der Waals surface area contributed by atoms with Gasteiger partial charge in [0.05, 0.1) is 11.2 Å². The molecule has 1 aliphatic rings. The molecule has 0 bridgehead atoms. The third kappa shape index (κ3) is 4.28. The fraction of sp³-hybridized carbons (Fsp3) is 0.0417. The van der Waals surface area contributed by atoms with Crippen molar-refractivity contribution in [3.8, 4) is 27.9 Å². The molecule has 4 heteroatoms. The molecule has 2 aromatic heterocycles. The van der Waals surface area contributed by atoms with Crippen LogP contribution < -0.4 is 16.2 Å². The van der Waals surface area contributed by atoms with Crippen molar-refractivity contribution in [2.75, 3.05) is 5.32 Å². The number of para-hydroxylation sites is 1. The average molecular weight is 664 g/mol. The van der Waals surface area contributed by atoms with Crippen LogP contribution in [0.3, 0.4) is 0 Å². The van der Waals surface area contributed by atoms with E-state index in [2.05, 4.69) is 177 Å². The first-order valence-corrected chi connectivity index (χ1v) is 17.9. The van der Waals surface area contributed by atoms with Crippen LogP contribution in [0, 0.1) is 13.8 Å². The summed E-state index contributed by atoms with van der Waals surface area (Å²) in [6, 6.07) is 55.1. The Kier molecular flexibility index (Phi) is 6.18. The minimum Gasteiger partial charge on any atom is -0.456 e. The predicted octanol–water partition coefficient (Wildman–Crippen LogP) is 11.5. The molecule has 3 heterocycles. The summed E-state index contributed by atoms with van der Waals surface area (Å²) >= 11 is 0. The Labute approximate surface area is 302 Å². The molecule has 3 nitrogen and oxygen atoms in total. The maximum absolute atomic E-state index is 6.48. The molecule has 52 heavy (non-hydrogen) atoms. The van der Waals surface area contributed by atoms with Crippen molar-refractivity contribution in [1.29, 1.82) is 0 Å². The summed E-state index contributed by atoms with van der Waals surface area (Å²) in [7, 11) is 2.42. The van der Waals surface area contributed by atoms with E-state index in [4.69, 9.17) is 4.42 Å². The third-order valence-electron chi connectivity index (χ3n) is 10.9. The van der Waals surface area contributed by atoms with Gasteiger partial charge in [0.1, 0.15) is 11.2 Å². The van der Waals surface area contributed by atoms with Gasteiger partial charge in [-0.25, -0.2) is 0 Å². The van der Waals surface area contributed by atoms with Gasteiger partial charge in [-0.05, 0) is 89.2 Å². The maximum Gasteiger partial charge on any atom is 0.197 e. The maximum atomic E-state index is 6.48. The predicted molar refractivity (Wildman–Crippen MR) is 221 cm³/mol.